The van der Waals surface area contributed by atoms with Gasteiger partial charge in [-0.25, -0.2) is 9.78 Å². The molecule has 0 saturated heterocycles. The number of hydrogen-bond donors (Lipinski definition) is 0. The van der Waals surface area contributed by atoms with E-state index in [1.54, 1.807) is 32.2 Å². The topological polar surface area (TPSA) is 102 Å². The molecule has 0 amide bonds. The van der Waals surface area contributed by atoms with Gasteiger partial charge in [-0.2, -0.15) is 0 Å². The average Bonchev–Trinajstić information content (AvgIpc) is 3.56. The molecule has 2 aromatic heterocycles. The standard InChI is InChI=1S/C40H45N3O6Si/c1-40(2,39(45)46-3)27-49-34-18-15-30(16-19-34)35-20-17-33(24-41-35)37-42-36(25-43(37)28-47-21-22-50(4,5)6)31-13-10-14-32(23-31)38(44)48-26-29-11-8-7-9-12-29/h7-20,23-25H,21-22,26-28H2,1-6H3. The van der Waals surface area contributed by atoms with Crippen LogP contribution >= 0.6 is 0 Å². The van der Waals surface area contributed by atoms with Crippen LogP contribution in [0.4, 0.5) is 0 Å². The third-order valence-corrected chi connectivity index (χ3v) is 9.82. The molecule has 9 nitrogen and oxygen atoms in total. The van der Waals surface area contributed by atoms with Gasteiger partial charge < -0.3 is 23.5 Å². The third kappa shape index (κ3) is 9.77. The van der Waals surface area contributed by atoms with Crippen molar-refractivity contribution in [1.82, 2.24) is 14.5 Å². The summed E-state index contributed by atoms with van der Waals surface area (Å²) in [5, 5.41) is 0. The normalized spacial score (nSPS) is 11.6. The van der Waals surface area contributed by atoms with Crippen molar-refractivity contribution in [2.45, 2.75) is 52.9 Å². The summed E-state index contributed by atoms with van der Waals surface area (Å²) in [6.45, 7) is 12.0. The smallest absolute Gasteiger partial charge is 0.338 e. The number of esters is 2. The number of carbonyl (C=O) groups is 2. The Morgan fingerprint density at radius 3 is 2.26 bits per heavy atom. The van der Waals surface area contributed by atoms with Crippen LogP contribution in [0.2, 0.25) is 25.7 Å². The van der Waals surface area contributed by atoms with Crippen LogP contribution in [-0.2, 0) is 32.3 Å². The number of rotatable bonds is 15. The molecule has 0 unspecified atom stereocenters. The van der Waals surface area contributed by atoms with Crippen molar-refractivity contribution in [3.63, 3.8) is 0 Å². The maximum Gasteiger partial charge on any atom is 0.338 e. The van der Waals surface area contributed by atoms with Crippen molar-refractivity contribution in [2.24, 2.45) is 5.41 Å². The minimum Gasteiger partial charge on any atom is -0.492 e. The fourth-order valence-electron chi connectivity index (χ4n) is 5.05. The Kier molecular flexibility index (Phi) is 11.7. The Hall–Kier alpha value is -5.06. The van der Waals surface area contributed by atoms with Crippen LogP contribution in [0, 0.1) is 5.41 Å². The lowest BCUT2D eigenvalue weighted by molar-refractivity contribution is -0.152. The Bertz CT molecular complexity index is 1880. The Morgan fingerprint density at radius 2 is 1.58 bits per heavy atom. The molecule has 3 aromatic carbocycles. The van der Waals surface area contributed by atoms with E-state index in [1.165, 1.54) is 7.11 Å². The van der Waals surface area contributed by atoms with Gasteiger partial charge in [0.15, 0.2) is 0 Å². The lowest BCUT2D eigenvalue weighted by atomic mass is 9.95. The summed E-state index contributed by atoms with van der Waals surface area (Å²) >= 11 is 0. The Balaban J connectivity index is 1.34. The minimum atomic E-state index is -1.26. The number of imidazole rings is 1. The molecule has 0 aliphatic heterocycles. The first-order valence-electron chi connectivity index (χ1n) is 16.7. The van der Waals surface area contributed by atoms with Crippen molar-refractivity contribution < 1.29 is 28.5 Å². The highest BCUT2D eigenvalue weighted by molar-refractivity contribution is 6.76. The van der Waals surface area contributed by atoms with Crippen LogP contribution in [0.25, 0.3) is 33.9 Å². The number of nitrogens with zero attached hydrogens (tertiary/aromatic N) is 3. The zero-order chi connectivity index (χ0) is 35.7. The van der Waals surface area contributed by atoms with Crippen molar-refractivity contribution in [2.75, 3.05) is 20.3 Å². The number of benzene rings is 3. The van der Waals surface area contributed by atoms with E-state index in [1.807, 2.05) is 89.6 Å². The second-order valence-electron chi connectivity index (χ2n) is 14.0. The number of carbonyl (C=O) groups excluding carboxylic acids is 2. The fraction of sp³-hybridized carbons (Fsp3) is 0.300. The summed E-state index contributed by atoms with van der Waals surface area (Å²) in [4.78, 5) is 34.7. The van der Waals surface area contributed by atoms with Crippen molar-refractivity contribution in [3.8, 4) is 39.7 Å². The van der Waals surface area contributed by atoms with Crippen molar-refractivity contribution >= 4 is 20.0 Å². The van der Waals surface area contributed by atoms with E-state index in [-0.39, 0.29) is 19.2 Å². The highest BCUT2D eigenvalue weighted by Crippen LogP contribution is 2.29. The van der Waals surface area contributed by atoms with E-state index in [4.69, 9.17) is 28.9 Å². The average molecular weight is 692 g/mol. The quantitative estimate of drug-likeness (QED) is 0.0612. The largest absolute Gasteiger partial charge is 0.492 e. The third-order valence-electron chi connectivity index (χ3n) is 8.12. The first kappa shape index (κ1) is 36.2. The van der Waals surface area contributed by atoms with Gasteiger partial charge in [0.1, 0.15) is 31.5 Å². The predicted octanol–water partition coefficient (Wildman–Crippen LogP) is 8.53. The second-order valence-corrected chi connectivity index (χ2v) is 19.7. The molecule has 0 fully saturated rings. The van der Waals surface area contributed by atoms with Crippen LogP contribution < -0.4 is 4.74 Å². The van der Waals surface area contributed by atoms with E-state index in [2.05, 4.69) is 19.6 Å². The summed E-state index contributed by atoms with van der Waals surface area (Å²) in [6, 6.07) is 29.5. The first-order valence-corrected chi connectivity index (χ1v) is 20.4. The highest BCUT2D eigenvalue weighted by atomic mass is 28.3. The number of aromatic nitrogens is 3. The molecule has 2 heterocycles. The Morgan fingerprint density at radius 1 is 0.840 bits per heavy atom. The van der Waals surface area contributed by atoms with E-state index < -0.39 is 19.5 Å². The van der Waals surface area contributed by atoms with Crippen LogP contribution in [0.1, 0.15) is 29.8 Å². The lowest BCUT2D eigenvalue weighted by Crippen LogP contribution is -2.32. The summed E-state index contributed by atoms with van der Waals surface area (Å²) in [5.74, 6) is 0.646. The van der Waals surface area contributed by atoms with Crippen LogP contribution in [0.3, 0.4) is 0 Å². The van der Waals surface area contributed by atoms with Crippen LogP contribution in [0.5, 0.6) is 5.75 Å². The summed E-state index contributed by atoms with van der Waals surface area (Å²) in [5.41, 5.74) is 4.67. The van der Waals surface area contributed by atoms with E-state index in [0.29, 0.717) is 36.2 Å². The molecule has 0 N–H and O–H groups in total. The maximum absolute atomic E-state index is 12.9. The number of pyridine rings is 1. The zero-order valence-electron chi connectivity index (χ0n) is 29.6. The molecule has 0 bridgehead atoms. The predicted molar refractivity (Wildman–Crippen MR) is 197 cm³/mol. The van der Waals surface area contributed by atoms with Gasteiger partial charge in [0.2, 0.25) is 0 Å². The first-order chi connectivity index (χ1) is 23.9. The van der Waals surface area contributed by atoms with Crippen LogP contribution in [-0.4, -0.2) is 54.9 Å². The molecule has 50 heavy (non-hydrogen) atoms. The molecule has 260 valence electrons. The minimum absolute atomic E-state index is 0.200. The molecule has 0 spiro atoms. The van der Waals surface area contributed by atoms with Crippen LogP contribution in [0.15, 0.2) is 103 Å². The zero-order valence-corrected chi connectivity index (χ0v) is 30.6. The molecule has 0 saturated carbocycles. The Labute approximate surface area is 295 Å². The lowest BCUT2D eigenvalue weighted by Gasteiger charge is -2.21. The van der Waals surface area contributed by atoms with E-state index in [9.17, 15) is 9.59 Å². The summed E-state index contributed by atoms with van der Waals surface area (Å²) < 4.78 is 24.4. The fourth-order valence-corrected chi connectivity index (χ4v) is 5.81. The van der Waals surface area contributed by atoms with Crippen molar-refractivity contribution in [1.29, 1.82) is 0 Å². The van der Waals surface area contributed by atoms with Gasteiger partial charge >= 0.3 is 11.9 Å². The van der Waals surface area contributed by atoms with Gasteiger partial charge in [0.05, 0.1) is 29.5 Å². The number of methoxy groups -OCH3 is 1. The molecule has 5 aromatic rings. The van der Waals surface area contributed by atoms with Gasteiger partial charge in [0, 0.05) is 43.8 Å². The van der Waals surface area contributed by atoms with Gasteiger partial charge in [-0.1, -0.05) is 62.1 Å². The molecule has 10 heteroatoms. The highest BCUT2D eigenvalue weighted by Gasteiger charge is 2.29. The molecule has 5 rings (SSSR count). The molecule has 0 aliphatic rings. The van der Waals surface area contributed by atoms with Gasteiger partial charge in [-0.05, 0) is 74.0 Å². The summed E-state index contributed by atoms with van der Waals surface area (Å²) in [7, 11) is 0.116. The second kappa shape index (κ2) is 16.1. The monoisotopic (exact) mass is 691 g/mol. The van der Waals surface area contributed by atoms with Gasteiger partial charge in [-0.15, -0.1) is 0 Å². The maximum atomic E-state index is 12.9. The number of ether oxygens (including phenoxy) is 4. The molecule has 0 atom stereocenters. The van der Waals surface area contributed by atoms with Gasteiger partial charge in [-0.3, -0.25) is 9.78 Å². The van der Waals surface area contributed by atoms with Gasteiger partial charge in [0.25, 0.3) is 0 Å². The van der Waals surface area contributed by atoms with E-state index in [0.717, 1.165) is 34.0 Å². The molecular formula is C40H45N3O6Si. The molecule has 0 aliphatic carbocycles. The van der Waals surface area contributed by atoms with Crippen molar-refractivity contribution in [3.05, 3.63) is 115 Å². The SMILES string of the molecule is COC(=O)C(C)(C)COc1ccc(-c2ccc(-c3nc(-c4cccc(C(=O)OCc5ccccc5)c4)cn3COCC[Si](C)(C)C)cn2)cc1. The number of hydrogen-bond acceptors (Lipinski definition) is 8. The summed E-state index contributed by atoms with van der Waals surface area (Å²) in [6.07, 6.45) is 3.76. The van der Waals surface area contributed by atoms with E-state index >= 15 is 0 Å². The molecule has 0 radical (unpaired) electrons. The molecular weight excluding hydrogens is 647 g/mol.